The molecular formula is C8H17F3N2O. The molecule has 0 bridgehead atoms. The summed E-state index contributed by atoms with van der Waals surface area (Å²) < 4.78 is 39.9. The van der Waals surface area contributed by atoms with Crippen molar-refractivity contribution < 1.29 is 17.9 Å². The van der Waals surface area contributed by atoms with E-state index < -0.39 is 12.7 Å². The Balaban J connectivity index is 3.27. The molecule has 0 unspecified atom stereocenters. The van der Waals surface area contributed by atoms with Gasteiger partial charge < -0.3 is 15.0 Å². The normalized spacial score (nSPS) is 12.4. The van der Waals surface area contributed by atoms with Crippen LogP contribution in [0.25, 0.3) is 0 Å². The number of nitrogens with zero attached hydrogens (tertiary/aromatic N) is 1. The molecule has 0 aromatic carbocycles. The summed E-state index contributed by atoms with van der Waals surface area (Å²) in [6.07, 6.45) is -4.12. The van der Waals surface area contributed by atoms with E-state index in [9.17, 15) is 13.2 Å². The van der Waals surface area contributed by atoms with Gasteiger partial charge in [-0.25, -0.2) is 0 Å². The Bertz CT molecular complexity index is 141. The number of hydrogen-bond acceptors (Lipinski definition) is 3. The first kappa shape index (κ1) is 13.7. The van der Waals surface area contributed by atoms with Crippen LogP contribution >= 0.6 is 0 Å². The fraction of sp³-hybridized carbons (Fsp3) is 1.00. The first-order valence-corrected chi connectivity index (χ1v) is 4.40. The molecule has 1 N–H and O–H groups in total. The maximum absolute atomic E-state index is 11.7. The number of hydrogen-bond donors (Lipinski definition) is 1. The van der Waals surface area contributed by atoms with Crippen molar-refractivity contribution in [1.29, 1.82) is 0 Å². The predicted molar refractivity (Wildman–Crippen MR) is 48.3 cm³/mol. The van der Waals surface area contributed by atoms with Crippen LogP contribution in [-0.4, -0.2) is 58.0 Å². The van der Waals surface area contributed by atoms with Crippen LogP contribution in [-0.2, 0) is 4.74 Å². The van der Waals surface area contributed by atoms with E-state index in [2.05, 4.69) is 5.32 Å². The molecule has 0 aromatic rings. The summed E-state index contributed by atoms with van der Waals surface area (Å²) in [4.78, 5) is 1.91. The van der Waals surface area contributed by atoms with Crippen LogP contribution in [0.15, 0.2) is 0 Å². The van der Waals surface area contributed by atoms with Crippen molar-refractivity contribution in [2.75, 3.05) is 46.9 Å². The summed E-state index contributed by atoms with van der Waals surface area (Å²) in [5.74, 6) is 0. The smallest absolute Gasteiger partial charge is 0.383 e. The van der Waals surface area contributed by atoms with Crippen molar-refractivity contribution in [3.63, 3.8) is 0 Å². The van der Waals surface area contributed by atoms with Crippen molar-refractivity contribution in [1.82, 2.24) is 10.2 Å². The molecule has 0 rings (SSSR count). The molecule has 0 aliphatic carbocycles. The number of likely N-dealkylation sites (N-methyl/N-ethyl adjacent to an activating group) is 1. The van der Waals surface area contributed by atoms with Crippen molar-refractivity contribution in [2.24, 2.45) is 0 Å². The van der Waals surface area contributed by atoms with E-state index in [4.69, 9.17) is 4.74 Å². The van der Waals surface area contributed by atoms with Crippen molar-refractivity contribution in [3.8, 4) is 0 Å². The van der Waals surface area contributed by atoms with Gasteiger partial charge in [0.1, 0.15) is 0 Å². The van der Waals surface area contributed by atoms with Crippen LogP contribution in [0, 0.1) is 0 Å². The van der Waals surface area contributed by atoms with Gasteiger partial charge in [0, 0.05) is 26.7 Å². The van der Waals surface area contributed by atoms with Gasteiger partial charge in [-0.3, -0.25) is 0 Å². The molecule has 0 radical (unpaired) electrons. The molecule has 6 heteroatoms. The zero-order valence-corrected chi connectivity index (χ0v) is 8.52. The quantitative estimate of drug-likeness (QED) is 0.632. The highest BCUT2D eigenvalue weighted by Crippen LogP contribution is 2.11. The molecule has 0 aliphatic heterocycles. The third kappa shape index (κ3) is 9.76. The van der Waals surface area contributed by atoms with Gasteiger partial charge in [-0.2, -0.15) is 13.2 Å². The molecule has 14 heavy (non-hydrogen) atoms. The van der Waals surface area contributed by atoms with Gasteiger partial charge in [0.25, 0.3) is 0 Å². The summed E-state index contributed by atoms with van der Waals surface area (Å²) in [5.41, 5.74) is 0. The number of methoxy groups -OCH3 is 1. The molecule has 0 saturated heterocycles. The highest BCUT2D eigenvalue weighted by atomic mass is 19.4. The van der Waals surface area contributed by atoms with Crippen LogP contribution in [0.3, 0.4) is 0 Å². The van der Waals surface area contributed by atoms with Crippen molar-refractivity contribution in [3.05, 3.63) is 0 Å². The largest absolute Gasteiger partial charge is 0.401 e. The number of halogens is 3. The second-order valence-electron chi connectivity index (χ2n) is 3.09. The Hall–Kier alpha value is -0.330. The Labute approximate surface area is 82.2 Å². The topological polar surface area (TPSA) is 24.5 Å². The third-order valence-corrected chi connectivity index (χ3v) is 1.67. The second-order valence-corrected chi connectivity index (χ2v) is 3.09. The number of rotatable bonds is 7. The van der Waals surface area contributed by atoms with E-state index >= 15 is 0 Å². The van der Waals surface area contributed by atoms with E-state index in [1.165, 1.54) is 0 Å². The fourth-order valence-electron chi connectivity index (χ4n) is 0.859. The Morgan fingerprint density at radius 2 is 1.93 bits per heavy atom. The van der Waals surface area contributed by atoms with Gasteiger partial charge in [-0.05, 0) is 7.05 Å². The van der Waals surface area contributed by atoms with Crippen LogP contribution in [0.1, 0.15) is 0 Å². The molecule has 0 spiro atoms. The minimum atomic E-state index is -4.12. The second kappa shape index (κ2) is 7.03. The van der Waals surface area contributed by atoms with Gasteiger partial charge in [-0.15, -0.1) is 0 Å². The SMILES string of the molecule is COCCN(C)CCNCC(F)(F)F. The molecular weight excluding hydrogens is 197 g/mol. The molecule has 0 heterocycles. The van der Waals surface area contributed by atoms with E-state index in [1.807, 2.05) is 11.9 Å². The fourth-order valence-corrected chi connectivity index (χ4v) is 0.859. The first-order chi connectivity index (χ1) is 6.45. The molecule has 0 atom stereocenters. The molecule has 3 nitrogen and oxygen atoms in total. The Morgan fingerprint density at radius 1 is 1.29 bits per heavy atom. The summed E-state index contributed by atoms with van der Waals surface area (Å²) in [6, 6.07) is 0. The van der Waals surface area contributed by atoms with Crippen LogP contribution in [0.4, 0.5) is 13.2 Å². The minimum absolute atomic E-state index is 0.333. The number of ether oxygens (including phenoxy) is 1. The van der Waals surface area contributed by atoms with E-state index in [0.29, 0.717) is 19.7 Å². The van der Waals surface area contributed by atoms with Gasteiger partial charge in [0.15, 0.2) is 0 Å². The van der Waals surface area contributed by atoms with Gasteiger partial charge in [0.05, 0.1) is 13.2 Å². The van der Waals surface area contributed by atoms with Gasteiger partial charge >= 0.3 is 6.18 Å². The zero-order chi connectivity index (χ0) is 11.0. The molecule has 0 fully saturated rings. The molecule has 0 aromatic heterocycles. The van der Waals surface area contributed by atoms with E-state index in [1.54, 1.807) is 7.11 Å². The molecule has 0 saturated carbocycles. The lowest BCUT2D eigenvalue weighted by Gasteiger charge is -2.16. The summed E-state index contributed by atoms with van der Waals surface area (Å²) >= 11 is 0. The van der Waals surface area contributed by atoms with Crippen LogP contribution < -0.4 is 5.32 Å². The maximum Gasteiger partial charge on any atom is 0.401 e. The molecule has 0 amide bonds. The monoisotopic (exact) mass is 214 g/mol. The molecule has 86 valence electrons. The Morgan fingerprint density at radius 3 is 2.43 bits per heavy atom. The number of alkyl halides is 3. The average Bonchev–Trinajstić information content (AvgIpc) is 2.07. The minimum Gasteiger partial charge on any atom is -0.383 e. The highest BCUT2D eigenvalue weighted by molar-refractivity contribution is 4.58. The predicted octanol–water partition coefficient (Wildman–Crippen LogP) is 0.716. The van der Waals surface area contributed by atoms with Crippen molar-refractivity contribution in [2.45, 2.75) is 6.18 Å². The highest BCUT2D eigenvalue weighted by Gasteiger charge is 2.25. The van der Waals surface area contributed by atoms with Crippen LogP contribution in [0.2, 0.25) is 0 Å². The summed E-state index contributed by atoms with van der Waals surface area (Å²) in [7, 11) is 3.43. The maximum atomic E-state index is 11.7. The lowest BCUT2D eigenvalue weighted by atomic mass is 10.5. The van der Waals surface area contributed by atoms with Gasteiger partial charge in [-0.1, -0.05) is 0 Å². The molecule has 0 aliphatic rings. The van der Waals surface area contributed by atoms with Gasteiger partial charge in [0.2, 0.25) is 0 Å². The summed E-state index contributed by atoms with van der Waals surface area (Å²) in [5, 5.41) is 2.33. The number of nitrogens with one attached hydrogen (secondary N) is 1. The standard InChI is InChI=1S/C8H17F3N2O/c1-13(5-6-14-2)4-3-12-7-8(9,10)11/h12H,3-7H2,1-2H3. The van der Waals surface area contributed by atoms with E-state index in [-0.39, 0.29) is 0 Å². The average molecular weight is 214 g/mol. The third-order valence-electron chi connectivity index (χ3n) is 1.67. The lowest BCUT2D eigenvalue weighted by molar-refractivity contribution is -0.124. The van der Waals surface area contributed by atoms with Crippen molar-refractivity contribution >= 4 is 0 Å². The van der Waals surface area contributed by atoms with E-state index in [0.717, 1.165) is 6.54 Å². The Kier molecular flexibility index (Phi) is 6.86. The lowest BCUT2D eigenvalue weighted by Crippen LogP contribution is -2.35. The van der Waals surface area contributed by atoms with Crippen LogP contribution in [0.5, 0.6) is 0 Å². The summed E-state index contributed by atoms with van der Waals surface area (Å²) in [6.45, 7) is 1.31. The zero-order valence-electron chi connectivity index (χ0n) is 8.52. The first-order valence-electron chi connectivity index (χ1n) is 4.40.